The Morgan fingerprint density at radius 2 is 0.898 bits per heavy atom. The second kappa shape index (κ2) is 13.4. The average Bonchev–Trinajstić information content (AvgIpc) is 3.62. The lowest BCUT2D eigenvalue weighted by atomic mass is 9.97. The highest BCUT2D eigenvalue weighted by atomic mass is 15.0. The fourth-order valence-corrected chi connectivity index (χ4v) is 9.06. The van der Waals surface area contributed by atoms with E-state index in [0.29, 0.717) is 5.82 Å². The summed E-state index contributed by atoms with van der Waals surface area (Å²) in [5, 5.41) is 10.7. The Balaban J connectivity index is 1.07. The topological polar surface area (TPSA) is 30.7 Å². The number of aromatic nitrogens is 3. The van der Waals surface area contributed by atoms with E-state index in [-0.39, 0.29) is 0 Å². The molecule has 59 heavy (non-hydrogen) atoms. The standard InChI is InChI=1S/C56H35N3/c1-2-12-36(13-3-1)38-22-25-39(26-23-38)55-49-29-28-44(43-27-24-37-14-4-5-15-40(37)32-43)34-51(49)57-56(58-55)48-30-31-53(46-19-9-8-18-45(46)48)59-52-21-11-10-20-47(52)50-33-41-16-6-7-17-42(41)35-54(50)59/h1-35H. The molecule has 0 bridgehead atoms. The van der Waals surface area contributed by atoms with Crippen LogP contribution >= 0.6 is 0 Å². The fraction of sp³-hybridized carbons (Fsp3) is 0. The molecule has 274 valence electrons. The molecule has 0 saturated heterocycles. The van der Waals surface area contributed by atoms with Gasteiger partial charge in [0.15, 0.2) is 5.82 Å². The average molecular weight is 750 g/mol. The molecular formula is C56H35N3. The van der Waals surface area contributed by atoms with Crippen LogP contribution in [0.15, 0.2) is 212 Å². The van der Waals surface area contributed by atoms with Crippen molar-refractivity contribution < 1.29 is 0 Å². The second-order valence-corrected chi connectivity index (χ2v) is 15.4. The third kappa shape index (κ3) is 5.51. The van der Waals surface area contributed by atoms with Gasteiger partial charge in [0, 0.05) is 32.7 Å². The molecule has 3 nitrogen and oxygen atoms in total. The van der Waals surface area contributed by atoms with Crippen LogP contribution < -0.4 is 0 Å². The lowest BCUT2D eigenvalue weighted by Gasteiger charge is -2.16. The molecule has 0 radical (unpaired) electrons. The maximum Gasteiger partial charge on any atom is 0.161 e. The molecule has 0 amide bonds. The van der Waals surface area contributed by atoms with E-state index in [1.165, 1.54) is 54.5 Å². The number of nitrogens with zero attached hydrogens (tertiary/aromatic N) is 3. The SMILES string of the molecule is c1ccc(-c2ccc(-c3nc(-c4ccc(-n5c6ccccc6c6cc7ccccc7cc65)c5ccccc45)nc4cc(-c5ccc6ccccc6c5)ccc34)cc2)cc1. The van der Waals surface area contributed by atoms with Gasteiger partial charge >= 0.3 is 0 Å². The first-order valence-electron chi connectivity index (χ1n) is 20.1. The summed E-state index contributed by atoms with van der Waals surface area (Å²) in [6.07, 6.45) is 0. The maximum absolute atomic E-state index is 5.45. The van der Waals surface area contributed by atoms with E-state index >= 15 is 0 Å². The Morgan fingerprint density at radius 3 is 1.71 bits per heavy atom. The highest BCUT2D eigenvalue weighted by Crippen LogP contribution is 2.40. The van der Waals surface area contributed by atoms with Crippen LogP contribution in [0.1, 0.15) is 0 Å². The summed E-state index contributed by atoms with van der Waals surface area (Å²) < 4.78 is 2.43. The highest BCUT2D eigenvalue weighted by molar-refractivity contribution is 6.15. The molecule has 3 heteroatoms. The van der Waals surface area contributed by atoms with Crippen molar-refractivity contribution in [1.29, 1.82) is 0 Å². The predicted octanol–water partition coefficient (Wildman–Crippen LogP) is 14.9. The van der Waals surface area contributed by atoms with Crippen LogP contribution in [0.5, 0.6) is 0 Å². The summed E-state index contributed by atoms with van der Waals surface area (Å²) in [6, 6.07) is 76.3. The highest BCUT2D eigenvalue weighted by Gasteiger charge is 2.19. The van der Waals surface area contributed by atoms with Gasteiger partial charge in [-0.25, -0.2) is 9.97 Å². The van der Waals surface area contributed by atoms with Crippen LogP contribution in [0.4, 0.5) is 0 Å². The Hall–Kier alpha value is -7.88. The van der Waals surface area contributed by atoms with Crippen molar-refractivity contribution in [3.63, 3.8) is 0 Å². The minimum Gasteiger partial charge on any atom is -0.309 e. The Labute approximate surface area is 341 Å². The molecule has 0 fully saturated rings. The largest absolute Gasteiger partial charge is 0.309 e. The third-order valence-corrected chi connectivity index (χ3v) is 12.0. The molecule has 0 N–H and O–H groups in total. The van der Waals surface area contributed by atoms with E-state index < -0.39 is 0 Å². The molecule has 2 heterocycles. The zero-order valence-electron chi connectivity index (χ0n) is 32.0. The Bertz CT molecular complexity index is 3600. The van der Waals surface area contributed by atoms with Gasteiger partial charge in [0.25, 0.3) is 0 Å². The van der Waals surface area contributed by atoms with Gasteiger partial charge in [0.2, 0.25) is 0 Å². The van der Waals surface area contributed by atoms with Crippen molar-refractivity contribution >= 4 is 65.0 Å². The number of benzene rings is 10. The van der Waals surface area contributed by atoms with Crippen molar-refractivity contribution in [1.82, 2.24) is 14.5 Å². The number of para-hydroxylation sites is 1. The van der Waals surface area contributed by atoms with Gasteiger partial charge in [-0.2, -0.15) is 0 Å². The molecular weight excluding hydrogens is 715 g/mol. The van der Waals surface area contributed by atoms with E-state index in [4.69, 9.17) is 9.97 Å². The summed E-state index contributed by atoms with van der Waals surface area (Å²) >= 11 is 0. The quantitative estimate of drug-likeness (QED) is 0.175. The van der Waals surface area contributed by atoms with Crippen LogP contribution in [0, 0.1) is 0 Å². The van der Waals surface area contributed by atoms with Gasteiger partial charge in [-0.15, -0.1) is 0 Å². The van der Waals surface area contributed by atoms with Crippen molar-refractivity contribution in [3.05, 3.63) is 212 Å². The van der Waals surface area contributed by atoms with Crippen LogP contribution in [0.25, 0.3) is 116 Å². The zero-order valence-corrected chi connectivity index (χ0v) is 32.0. The Morgan fingerprint density at radius 1 is 0.305 bits per heavy atom. The Kier molecular flexibility index (Phi) is 7.54. The molecule has 2 aromatic heterocycles. The fourth-order valence-electron chi connectivity index (χ4n) is 9.06. The van der Waals surface area contributed by atoms with Crippen molar-refractivity contribution in [2.24, 2.45) is 0 Å². The molecule has 0 aliphatic heterocycles. The summed E-state index contributed by atoms with van der Waals surface area (Å²) in [5.74, 6) is 0.700. The van der Waals surface area contributed by atoms with Gasteiger partial charge < -0.3 is 4.57 Å². The van der Waals surface area contributed by atoms with Crippen molar-refractivity contribution in [2.45, 2.75) is 0 Å². The molecule has 12 aromatic rings. The third-order valence-electron chi connectivity index (χ3n) is 12.0. The number of rotatable bonds is 5. The molecule has 0 atom stereocenters. The van der Waals surface area contributed by atoms with Crippen molar-refractivity contribution in [2.75, 3.05) is 0 Å². The molecule has 0 aliphatic rings. The monoisotopic (exact) mass is 749 g/mol. The summed E-state index contributed by atoms with van der Waals surface area (Å²) in [7, 11) is 0. The smallest absolute Gasteiger partial charge is 0.161 e. The second-order valence-electron chi connectivity index (χ2n) is 15.4. The first kappa shape index (κ1) is 33.3. The number of fused-ring (bicyclic) bond motifs is 7. The minimum atomic E-state index is 0.700. The van der Waals surface area contributed by atoms with Crippen LogP contribution in [-0.2, 0) is 0 Å². The minimum absolute atomic E-state index is 0.700. The summed E-state index contributed by atoms with van der Waals surface area (Å²) in [6.45, 7) is 0. The lowest BCUT2D eigenvalue weighted by molar-refractivity contribution is 1.19. The summed E-state index contributed by atoms with van der Waals surface area (Å²) in [5.41, 5.74) is 12.0. The van der Waals surface area contributed by atoms with E-state index in [2.05, 4.69) is 217 Å². The van der Waals surface area contributed by atoms with Gasteiger partial charge in [0.05, 0.1) is 27.9 Å². The molecule has 0 saturated carbocycles. The zero-order chi connectivity index (χ0) is 38.9. The molecule has 0 spiro atoms. The van der Waals surface area contributed by atoms with E-state index in [1.807, 2.05) is 0 Å². The van der Waals surface area contributed by atoms with E-state index in [9.17, 15) is 0 Å². The van der Waals surface area contributed by atoms with Crippen molar-refractivity contribution in [3.8, 4) is 50.6 Å². The van der Waals surface area contributed by atoms with E-state index in [1.54, 1.807) is 0 Å². The molecule has 0 unspecified atom stereocenters. The van der Waals surface area contributed by atoms with Crippen LogP contribution in [-0.4, -0.2) is 14.5 Å². The summed E-state index contributed by atoms with van der Waals surface area (Å²) in [4.78, 5) is 10.8. The van der Waals surface area contributed by atoms with Gasteiger partial charge in [-0.3, -0.25) is 0 Å². The van der Waals surface area contributed by atoms with Crippen LogP contribution in [0.3, 0.4) is 0 Å². The van der Waals surface area contributed by atoms with Crippen LogP contribution in [0.2, 0.25) is 0 Å². The normalized spacial score (nSPS) is 11.7. The molecule has 10 aromatic carbocycles. The number of hydrogen-bond acceptors (Lipinski definition) is 2. The lowest BCUT2D eigenvalue weighted by Crippen LogP contribution is -1.99. The van der Waals surface area contributed by atoms with Gasteiger partial charge in [0.1, 0.15) is 0 Å². The molecule has 12 rings (SSSR count). The maximum atomic E-state index is 5.45. The molecule has 0 aliphatic carbocycles. The first-order valence-corrected chi connectivity index (χ1v) is 20.1. The van der Waals surface area contributed by atoms with Gasteiger partial charge in [-0.1, -0.05) is 164 Å². The first-order chi connectivity index (χ1) is 29.2. The van der Waals surface area contributed by atoms with E-state index in [0.717, 1.165) is 55.3 Å². The predicted molar refractivity (Wildman–Crippen MR) is 248 cm³/mol. The van der Waals surface area contributed by atoms with Gasteiger partial charge in [-0.05, 0) is 97.7 Å². The number of hydrogen-bond donors (Lipinski definition) is 0.